The Morgan fingerprint density at radius 3 is 2.69 bits per heavy atom. The maximum Gasteiger partial charge on any atom is 0.257 e. The van der Waals surface area contributed by atoms with E-state index < -0.39 is 6.04 Å². The quantitative estimate of drug-likeness (QED) is 0.805. The minimum atomic E-state index is -0.594. The molecule has 0 aliphatic rings. The third-order valence-electron chi connectivity index (χ3n) is 2.27. The average Bonchev–Trinajstić information content (AvgIpc) is 2.78. The van der Waals surface area contributed by atoms with Gasteiger partial charge in [-0.2, -0.15) is 4.98 Å². The van der Waals surface area contributed by atoms with Crippen molar-refractivity contribution >= 4 is 0 Å². The highest BCUT2D eigenvalue weighted by atomic mass is 16.5. The zero-order chi connectivity index (χ0) is 11.5. The molecule has 3 N–H and O–H groups in total. The second kappa shape index (κ2) is 4.42. The van der Waals surface area contributed by atoms with Gasteiger partial charge in [0.2, 0.25) is 0 Å². The summed E-state index contributed by atoms with van der Waals surface area (Å²) >= 11 is 0. The van der Waals surface area contributed by atoms with Gasteiger partial charge in [-0.05, 0) is 19.1 Å². The van der Waals surface area contributed by atoms with E-state index in [4.69, 9.17) is 15.4 Å². The molecule has 1 aromatic carbocycles. The highest BCUT2D eigenvalue weighted by Crippen LogP contribution is 2.18. The van der Waals surface area contributed by atoms with Crippen LogP contribution in [0.5, 0.6) is 0 Å². The van der Waals surface area contributed by atoms with Gasteiger partial charge in [-0.1, -0.05) is 22.9 Å². The Hall–Kier alpha value is -1.72. The predicted molar refractivity (Wildman–Crippen MR) is 58.5 cm³/mol. The molecule has 5 heteroatoms. The lowest BCUT2D eigenvalue weighted by molar-refractivity contribution is 0.260. The molecule has 84 valence electrons. The number of hydrogen-bond donors (Lipinski definition) is 2. The first-order valence-electron chi connectivity index (χ1n) is 4.98. The predicted octanol–water partition coefficient (Wildman–Crippen LogP) is 1.04. The summed E-state index contributed by atoms with van der Waals surface area (Å²) < 4.78 is 5.06. The summed E-state index contributed by atoms with van der Waals surface area (Å²) in [4.78, 5) is 4.12. The largest absolute Gasteiger partial charge is 0.394 e. The molecule has 1 atom stereocenters. The van der Waals surface area contributed by atoms with Crippen molar-refractivity contribution in [2.75, 3.05) is 6.61 Å². The molecule has 1 aromatic heterocycles. The molecule has 1 unspecified atom stereocenters. The zero-order valence-corrected chi connectivity index (χ0v) is 8.92. The smallest absolute Gasteiger partial charge is 0.257 e. The normalized spacial score (nSPS) is 12.7. The van der Waals surface area contributed by atoms with Crippen LogP contribution in [0.2, 0.25) is 0 Å². The zero-order valence-electron chi connectivity index (χ0n) is 8.92. The highest BCUT2D eigenvalue weighted by molar-refractivity contribution is 5.53. The van der Waals surface area contributed by atoms with Crippen LogP contribution in [-0.4, -0.2) is 21.9 Å². The first-order chi connectivity index (χ1) is 7.70. The summed E-state index contributed by atoms with van der Waals surface area (Å²) in [6.07, 6.45) is 0. The van der Waals surface area contributed by atoms with Gasteiger partial charge in [0, 0.05) is 5.56 Å². The SMILES string of the molecule is Cc1ccc(-c2nc(C(N)CO)no2)cc1. The van der Waals surface area contributed by atoms with Crippen molar-refractivity contribution in [3.63, 3.8) is 0 Å². The molecule has 0 spiro atoms. The number of nitrogens with zero attached hydrogens (tertiary/aromatic N) is 2. The molecule has 2 aromatic rings. The van der Waals surface area contributed by atoms with Gasteiger partial charge < -0.3 is 15.4 Å². The summed E-state index contributed by atoms with van der Waals surface area (Å²) in [5, 5.41) is 12.6. The maximum absolute atomic E-state index is 8.86. The van der Waals surface area contributed by atoms with Crippen LogP contribution in [0.3, 0.4) is 0 Å². The molecule has 0 amide bonds. The van der Waals surface area contributed by atoms with Gasteiger partial charge in [-0.25, -0.2) is 0 Å². The fourth-order valence-corrected chi connectivity index (χ4v) is 1.28. The van der Waals surface area contributed by atoms with E-state index in [1.807, 2.05) is 31.2 Å². The summed E-state index contributed by atoms with van der Waals surface area (Å²) in [5.74, 6) is 0.733. The Morgan fingerprint density at radius 1 is 1.38 bits per heavy atom. The fraction of sp³-hybridized carbons (Fsp3) is 0.273. The van der Waals surface area contributed by atoms with E-state index in [0.29, 0.717) is 11.7 Å². The maximum atomic E-state index is 8.86. The number of aromatic nitrogens is 2. The summed E-state index contributed by atoms with van der Waals surface area (Å²) in [6, 6.07) is 7.13. The van der Waals surface area contributed by atoms with Crippen LogP contribution in [-0.2, 0) is 0 Å². The molecule has 5 nitrogen and oxygen atoms in total. The summed E-state index contributed by atoms with van der Waals surface area (Å²) in [7, 11) is 0. The van der Waals surface area contributed by atoms with E-state index in [1.165, 1.54) is 0 Å². The van der Waals surface area contributed by atoms with Crippen LogP contribution in [0.4, 0.5) is 0 Å². The molecule has 0 saturated heterocycles. The molecule has 0 aliphatic carbocycles. The van der Waals surface area contributed by atoms with Gasteiger partial charge >= 0.3 is 0 Å². The van der Waals surface area contributed by atoms with Gasteiger partial charge in [-0.3, -0.25) is 0 Å². The van der Waals surface area contributed by atoms with Crippen LogP contribution < -0.4 is 5.73 Å². The second-order valence-electron chi connectivity index (χ2n) is 3.61. The number of nitrogens with two attached hydrogens (primary N) is 1. The Balaban J connectivity index is 2.28. The van der Waals surface area contributed by atoms with Crippen LogP contribution in [0, 0.1) is 6.92 Å². The van der Waals surface area contributed by atoms with Gasteiger partial charge in [0.05, 0.1) is 12.6 Å². The standard InChI is InChI=1S/C11H13N3O2/c1-7-2-4-8(5-3-7)11-13-10(14-16-11)9(12)6-15/h2-5,9,15H,6,12H2,1H3. The number of rotatable bonds is 3. The fourth-order valence-electron chi connectivity index (χ4n) is 1.28. The van der Waals surface area contributed by atoms with Crippen molar-refractivity contribution < 1.29 is 9.63 Å². The molecule has 0 radical (unpaired) electrons. The number of benzene rings is 1. The Morgan fingerprint density at radius 2 is 2.06 bits per heavy atom. The average molecular weight is 219 g/mol. The first-order valence-corrected chi connectivity index (χ1v) is 4.98. The van der Waals surface area contributed by atoms with Gasteiger partial charge in [0.1, 0.15) is 0 Å². The van der Waals surface area contributed by atoms with Crippen molar-refractivity contribution in [3.8, 4) is 11.5 Å². The van der Waals surface area contributed by atoms with E-state index >= 15 is 0 Å². The monoisotopic (exact) mass is 219 g/mol. The van der Waals surface area contributed by atoms with Crippen molar-refractivity contribution in [2.24, 2.45) is 5.73 Å². The molecule has 0 bridgehead atoms. The second-order valence-corrected chi connectivity index (χ2v) is 3.61. The van der Waals surface area contributed by atoms with Crippen molar-refractivity contribution in [2.45, 2.75) is 13.0 Å². The summed E-state index contributed by atoms with van der Waals surface area (Å²) in [6.45, 7) is 1.80. The molecular formula is C11H13N3O2. The molecule has 0 saturated carbocycles. The van der Waals surface area contributed by atoms with E-state index in [1.54, 1.807) is 0 Å². The molecule has 2 rings (SSSR count). The van der Waals surface area contributed by atoms with Crippen molar-refractivity contribution in [3.05, 3.63) is 35.7 Å². The van der Waals surface area contributed by atoms with Crippen LogP contribution >= 0.6 is 0 Å². The number of aliphatic hydroxyl groups is 1. The first kappa shape index (κ1) is 10.8. The third-order valence-corrected chi connectivity index (χ3v) is 2.27. The third kappa shape index (κ3) is 2.10. The van der Waals surface area contributed by atoms with Crippen LogP contribution in [0.25, 0.3) is 11.5 Å². The van der Waals surface area contributed by atoms with E-state index in [9.17, 15) is 0 Å². The lowest BCUT2D eigenvalue weighted by Gasteiger charge is -1.98. The minimum absolute atomic E-state index is 0.202. The van der Waals surface area contributed by atoms with Gasteiger partial charge in [-0.15, -0.1) is 0 Å². The van der Waals surface area contributed by atoms with E-state index in [0.717, 1.165) is 11.1 Å². The Kier molecular flexibility index (Phi) is 2.98. The minimum Gasteiger partial charge on any atom is -0.394 e. The number of aliphatic hydroxyl groups excluding tert-OH is 1. The van der Waals surface area contributed by atoms with Crippen LogP contribution in [0.15, 0.2) is 28.8 Å². The molecule has 1 heterocycles. The summed E-state index contributed by atoms with van der Waals surface area (Å²) in [5.41, 5.74) is 7.58. The van der Waals surface area contributed by atoms with Gasteiger partial charge in [0.15, 0.2) is 5.82 Å². The van der Waals surface area contributed by atoms with Gasteiger partial charge in [0.25, 0.3) is 5.89 Å². The number of aryl methyl sites for hydroxylation is 1. The Bertz CT molecular complexity index is 464. The topological polar surface area (TPSA) is 85.2 Å². The molecular weight excluding hydrogens is 206 g/mol. The van der Waals surface area contributed by atoms with Crippen molar-refractivity contribution in [1.82, 2.24) is 10.1 Å². The molecule has 0 aliphatic heterocycles. The Labute approximate surface area is 92.9 Å². The highest BCUT2D eigenvalue weighted by Gasteiger charge is 2.13. The molecule has 16 heavy (non-hydrogen) atoms. The number of hydrogen-bond acceptors (Lipinski definition) is 5. The van der Waals surface area contributed by atoms with Crippen LogP contribution in [0.1, 0.15) is 17.4 Å². The van der Waals surface area contributed by atoms with E-state index in [2.05, 4.69) is 10.1 Å². The van der Waals surface area contributed by atoms with E-state index in [-0.39, 0.29) is 6.61 Å². The molecule has 0 fully saturated rings. The lowest BCUT2D eigenvalue weighted by Crippen LogP contribution is -2.15. The lowest BCUT2D eigenvalue weighted by atomic mass is 10.1. The van der Waals surface area contributed by atoms with Crippen molar-refractivity contribution in [1.29, 1.82) is 0 Å².